The van der Waals surface area contributed by atoms with E-state index in [2.05, 4.69) is 25.6 Å². The fourth-order valence-electron chi connectivity index (χ4n) is 3.48. The second kappa shape index (κ2) is 10.5. The topological polar surface area (TPSA) is 109 Å². The van der Waals surface area contributed by atoms with Crippen molar-refractivity contribution in [3.63, 3.8) is 0 Å². The molecule has 0 bridgehead atoms. The summed E-state index contributed by atoms with van der Waals surface area (Å²) in [5.41, 5.74) is 10.8. The lowest BCUT2D eigenvalue weighted by Crippen LogP contribution is -2.26. The molecule has 2 aromatic carbocycles. The molecule has 5 N–H and O–H groups in total. The lowest BCUT2D eigenvalue weighted by Gasteiger charge is -2.13. The molecule has 0 aliphatic heterocycles. The standard InChI is InChI=1S/C25H25FN6O/c26-19-8-5-17(6-9-19)7-10-20(21(27)16-29-15-18-11-13-28-14-12-18)24(33)32-25-30-22-3-1-2-4-23(22)31-25/h1-6,8-9,11-14,29H,7,10,15-16,27H2,(H2,30,31,32,33)/b21-20-. The van der Waals surface area contributed by atoms with E-state index < -0.39 is 0 Å². The van der Waals surface area contributed by atoms with Gasteiger partial charge in [0.25, 0.3) is 5.91 Å². The SMILES string of the molecule is N/C(CNCc1ccncc1)=C(/CCc1ccc(F)cc1)C(=O)Nc1nc2ccccc2[nH]1. The maximum Gasteiger partial charge on any atom is 0.255 e. The number of pyridine rings is 1. The Hall–Kier alpha value is -4.04. The van der Waals surface area contributed by atoms with Gasteiger partial charge in [0.1, 0.15) is 5.82 Å². The van der Waals surface area contributed by atoms with Crippen molar-refractivity contribution in [1.82, 2.24) is 20.3 Å². The van der Waals surface area contributed by atoms with E-state index >= 15 is 0 Å². The molecule has 4 aromatic rings. The number of aromatic amines is 1. The van der Waals surface area contributed by atoms with E-state index in [0.717, 1.165) is 22.2 Å². The molecule has 8 heteroatoms. The summed E-state index contributed by atoms with van der Waals surface area (Å²) >= 11 is 0. The number of halogens is 1. The number of hydrogen-bond acceptors (Lipinski definition) is 5. The molecule has 0 spiro atoms. The summed E-state index contributed by atoms with van der Waals surface area (Å²) in [5.74, 6) is -0.255. The van der Waals surface area contributed by atoms with Crippen LogP contribution >= 0.6 is 0 Å². The molecule has 4 rings (SSSR count). The van der Waals surface area contributed by atoms with Crippen molar-refractivity contribution in [1.29, 1.82) is 0 Å². The molecule has 33 heavy (non-hydrogen) atoms. The van der Waals surface area contributed by atoms with Gasteiger partial charge in [-0.1, -0.05) is 24.3 Å². The van der Waals surface area contributed by atoms with Gasteiger partial charge in [0, 0.05) is 36.8 Å². The number of hydrogen-bond donors (Lipinski definition) is 4. The second-order valence-electron chi connectivity index (χ2n) is 7.65. The highest BCUT2D eigenvalue weighted by atomic mass is 19.1. The number of benzene rings is 2. The van der Waals surface area contributed by atoms with E-state index in [0.29, 0.717) is 43.1 Å². The van der Waals surface area contributed by atoms with E-state index in [1.54, 1.807) is 24.5 Å². The minimum Gasteiger partial charge on any atom is -0.401 e. The number of nitrogens with zero attached hydrogens (tertiary/aromatic N) is 2. The Labute approximate surface area is 191 Å². The van der Waals surface area contributed by atoms with Crippen molar-refractivity contribution in [2.75, 3.05) is 11.9 Å². The third-order valence-corrected chi connectivity index (χ3v) is 5.25. The largest absolute Gasteiger partial charge is 0.401 e. The van der Waals surface area contributed by atoms with Gasteiger partial charge in [-0.3, -0.25) is 15.1 Å². The van der Waals surface area contributed by atoms with Gasteiger partial charge in [-0.05, 0) is 60.4 Å². The first kappa shape index (κ1) is 22.2. The number of nitrogens with two attached hydrogens (primary N) is 1. The first-order valence-corrected chi connectivity index (χ1v) is 10.7. The molecule has 0 saturated carbocycles. The molecule has 7 nitrogen and oxygen atoms in total. The van der Waals surface area contributed by atoms with Crippen LogP contribution in [0.1, 0.15) is 17.5 Å². The lowest BCUT2D eigenvalue weighted by molar-refractivity contribution is -0.113. The number of rotatable bonds is 9. The summed E-state index contributed by atoms with van der Waals surface area (Å²) in [6.07, 6.45) is 4.41. The molecule has 2 aromatic heterocycles. The molecular formula is C25H25FN6O. The van der Waals surface area contributed by atoms with Crippen molar-refractivity contribution in [2.24, 2.45) is 5.73 Å². The quantitative estimate of drug-likeness (QED) is 0.295. The van der Waals surface area contributed by atoms with Crippen LogP contribution in [0.4, 0.5) is 10.3 Å². The Bertz CT molecular complexity index is 1220. The second-order valence-corrected chi connectivity index (χ2v) is 7.65. The van der Waals surface area contributed by atoms with E-state index in [-0.39, 0.29) is 11.7 Å². The molecule has 168 valence electrons. The Morgan fingerprint density at radius 1 is 1.00 bits per heavy atom. The van der Waals surface area contributed by atoms with Gasteiger partial charge in [0.05, 0.1) is 11.0 Å². The number of amides is 1. The smallest absolute Gasteiger partial charge is 0.255 e. The first-order valence-electron chi connectivity index (χ1n) is 10.7. The summed E-state index contributed by atoms with van der Waals surface area (Å²) in [7, 11) is 0. The number of H-pyrrole nitrogens is 1. The molecule has 0 fully saturated rings. The predicted octanol–water partition coefficient (Wildman–Crippen LogP) is 3.67. The third-order valence-electron chi connectivity index (χ3n) is 5.25. The van der Waals surface area contributed by atoms with Crippen LogP contribution in [0.25, 0.3) is 11.0 Å². The average Bonchev–Trinajstić information content (AvgIpc) is 3.23. The van der Waals surface area contributed by atoms with Crippen molar-refractivity contribution in [3.8, 4) is 0 Å². The highest BCUT2D eigenvalue weighted by Crippen LogP contribution is 2.17. The first-order chi connectivity index (χ1) is 16.1. The summed E-state index contributed by atoms with van der Waals surface area (Å²) in [6, 6.07) is 17.6. The van der Waals surface area contributed by atoms with Crippen LogP contribution in [-0.2, 0) is 17.8 Å². The highest BCUT2D eigenvalue weighted by Gasteiger charge is 2.16. The van der Waals surface area contributed by atoms with Crippen molar-refractivity contribution in [3.05, 3.63) is 101 Å². The summed E-state index contributed by atoms with van der Waals surface area (Å²) < 4.78 is 13.2. The van der Waals surface area contributed by atoms with Gasteiger partial charge in [0.2, 0.25) is 5.95 Å². The molecule has 0 aliphatic rings. The minimum atomic E-state index is -0.320. The van der Waals surface area contributed by atoms with Gasteiger partial charge in [0.15, 0.2) is 0 Å². The molecule has 0 saturated heterocycles. The number of carbonyl (C=O) groups is 1. The van der Waals surface area contributed by atoms with Crippen LogP contribution in [0.15, 0.2) is 84.3 Å². The van der Waals surface area contributed by atoms with E-state index in [1.807, 2.05) is 36.4 Å². The molecular weight excluding hydrogens is 419 g/mol. The third kappa shape index (κ3) is 6.02. The Kier molecular flexibility index (Phi) is 7.06. The van der Waals surface area contributed by atoms with Gasteiger partial charge < -0.3 is 16.0 Å². The van der Waals surface area contributed by atoms with E-state index in [4.69, 9.17) is 5.73 Å². The van der Waals surface area contributed by atoms with Crippen LogP contribution in [0, 0.1) is 5.82 Å². The zero-order valence-corrected chi connectivity index (χ0v) is 18.0. The Morgan fingerprint density at radius 2 is 1.76 bits per heavy atom. The van der Waals surface area contributed by atoms with Crippen LogP contribution in [0.2, 0.25) is 0 Å². The number of nitrogens with one attached hydrogen (secondary N) is 3. The normalized spacial score (nSPS) is 11.9. The Balaban J connectivity index is 1.48. The van der Waals surface area contributed by atoms with Crippen molar-refractivity contribution >= 4 is 22.9 Å². The zero-order chi connectivity index (χ0) is 23.0. The number of para-hydroxylation sites is 2. The summed E-state index contributed by atoms with van der Waals surface area (Å²) in [5, 5.41) is 6.09. The number of aromatic nitrogens is 3. The summed E-state index contributed by atoms with van der Waals surface area (Å²) in [4.78, 5) is 24.6. The number of imidazole rings is 1. The molecule has 1 amide bonds. The monoisotopic (exact) mass is 444 g/mol. The van der Waals surface area contributed by atoms with Gasteiger partial charge in [-0.25, -0.2) is 9.37 Å². The van der Waals surface area contributed by atoms with Crippen LogP contribution in [0.3, 0.4) is 0 Å². The number of anilines is 1. The summed E-state index contributed by atoms with van der Waals surface area (Å²) in [6.45, 7) is 0.939. The van der Waals surface area contributed by atoms with Crippen LogP contribution in [-0.4, -0.2) is 27.4 Å². The number of fused-ring (bicyclic) bond motifs is 1. The van der Waals surface area contributed by atoms with E-state index in [1.165, 1.54) is 12.1 Å². The lowest BCUT2D eigenvalue weighted by atomic mass is 10.0. The number of carbonyl (C=O) groups excluding carboxylic acids is 1. The highest BCUT2D eigenvalue weighted by molar-refractivity contribution is 6.04. The predicted molar refractivity (Wildman–Crippen MR) is 127 cm³/mol. The Morgan fingerprint density at radius 3 is 2.52 bits per heavy atom. The van der Waals surface area contributed by atoms with Crippen molar-refractivity contribution in [2.45, 2.75) is 19.4 Å². The van der Waals surface area contributed by atoms with Gasteiger partial charge in [-0.15, -0.1) is 0 Å². The molecule has 0 atom stereocenters. The fourth-order valence-corrected chi connectivity index (χ4v) is 3.48. The van der Waals surface area contributed by atoms with Gasteiger partial charge >= 0.3 is 0 Å². The van der Waals surface area contributed by atoms with Gasteiger partial charge in [-0.2, -0.15) is 0 Å². The molecule has 0 radical (unpaired) electrons. The number of aryl methyl sites for hydroxylation is 1. The van der Waals surface area contributed by atoms with E-state index in [9.17, 15) is 9.18 Å². The maximum atomic E-state index is 13.2. The zero-order valence-electron chi connectivity index (χ0n) is 18.0. The fraction of sp³-hybridized carbons (Fsp3) is 0.160. The minimum absolute atomic E-state index is 0.294. The molecule has 0 aliphatic carbocycles. The van der Waals surface area contributed by atoms with Crippen molar-refractivity contribution < 1.29 is 9.18 Å². The molecule has 0 unspecified atom stereocenters. The maximum absolute atomic E-state index is 13.2. The van der Waals surface area contributed by atoms with Crippen LogP contribution < -0.4 is 16.4 Å². The van der Waals surface area contributed by atoms with Crippen LogP contribution in [0.5, 0.6) is 0 Å². The average molecular weight is 445 g/mol. The molecule has 2 heterocycles.